The van der Waals surface area contributed by atoms with Crippen molar-refractivity contribution in [3.63, 3.8) is 0 Å². The number of rotatable bonds is 2. The highest BCUT2D eigenvalue weighted by molar-refractivity contribution is 5.15. The topological polar surface area (TPSA) is 3.24 Å². The highest BCUT2D eigenvalue weighted by Gasteiger charge is 2.22. The van der Waals surface area contributed by atoms with Crippen LogP contribution >= 0.6 is 0 Å². The molecule has 0 unspecified atom stereocenters. The molecule has 1 nitrogen and oxygen atoms in total. The van der Waals surface area contributed by atoms with Crippen LogP contribution in [0.5, 0.6) is 0 Å². The van der Waals surface area contributed by atoms with Gasteiger partial charge < -0.3 is 4.90 Å². The molecule has 1 heterocycles. The molecule has 0 aliphatic carbocycles. The van der Waals surface area contributed by atoms with Gasteiger partial charge in [0, 0.05) is 0 Å². The van der Waals surface area contributed by atoms with Crippen LogP contribution in [-0.4, -0.2) is 25.0 Å². The molecule has 0 saturated carbocycles. The summed E-state index contributed by atoms with van der Waals surface area (Å²) < 4.78 is 0. The van der Waals surface area contributed by atoms with Crippen molar-refractivity contribution in [1.29, 1.82) is 0 Å². The molecule has 1 fully saturated rings. The second-order valence-electron chi connectivity index (χ2n) is 13.3. The summed E-state index contributed by atoms with van der Waals surface area (Å²) in [5.74, 6) is 1.79. The van der Waals surface area contributed by atoms with Gasteiger partial charge in [-0.05, 0) is 79.5 Å². The molecule has 0 atom stereocenters. The van der Waals surface area contributed by atoms with Crippen LogP contribution in [0.1, 0.15) is 129 Å². The molecule has 0 N–H and O–H groups in total. The highest BCUT2D eigenvalue weighted by Crippen LogP contribution is 2.30. The van der Waals surface area contributed by atoms with Crippen molar-refractivity contribution in [2.75, 3.05) is 20.1 Å². The van der Waals surface area contributed by atoms with Gasteiger partial charge in [-0.15, -0.1) is 0 Å². The van der Waals surface area contributed by atoms with Crippen molar-refractivity contribution >= 4 is 0 Å². The standard InChI is InChI=1S/C11H23N.C11H16.C7H16.2C2H6/c1-11(2,3)9-10-5-7-12(4)8-6-10;1-11(2,3)9-10-7-5-4-6-8-10;1-6(2)7(3,4)5;2*1-2/h10H,5-9H2,1-4H3;4-8H,9H2,1-3H3;6H,1-5H3;2*1-2H3. The van der Waals surface area contributed by atoms with Gasteiger partial charge >= 0.3 is 0 Å². The monoisotopic (exact) mass is 478 g/mol. The number of benzene rings is 1. The van der Waals surface area contributed by atoms with Gasteiger partial charge in [0.05, 0.1) is 0 Å². The maximum absolute atomic E-state index is 2.44. The Morgan fingerprint density at radius 3 is 1.41 bits per heavy atom. The van der Waals surface area contributed by atoms with E-state index in [-0.39, 0.29) is 0 Å². The largest absolute Gasteiger partial charge is 0.306 e. The summed E-state index contributed by atoms with van der Waals surface area (Å²) in [6, 6.07) is 10.6. The van der Waals surface area contributed by atoms with Crippen LogP contribution in [0.3, 0.4) is 0 Å². The molecular formula is C33H67N. The molecule has 0 aromatic heterocycles. The number of hydrogen-bond donors (Lipinski definition) is 0. The van der Waals surface area contributed by atoms with Gasteiger partial charge in [0.1, 0.15) is 0 Å². The zero-order valence-corrected chi connectivity index (χ0v) is 26.7. The minimum atomic E-state index is 0.404. The molecule has 1 aromatic rings. The lowest BCUT2D eigenvalue weighted by atomic mass is 9.80. The van der Waals surface area contributed by atoms with Crippen LogP contribution in [0.4, 0.5) is 0 Å². The predicted octanol–water partition coefficient (Wildman–Crippen LogP) is 10.8. The van der Waals surface area contributed by atoms with Gasteiger partial charge in [-0.25, -0.2) is 0 Å². The van der Waals surface area contributed by atoms with Gasteiger partial charge in [-0.1, -0.05) is 134 Å². The Balaban J connectivity index is -0.000000406. The fraction of sp³-hybridized carbons (Fsp3) is 0.818. The van der Waals surface area contributed by atoms with Crippen molar-refractivity contribution in [2.45, 2.75) is 130 Å². The summed E-state index contributed by atoms with van der Waals surface area (Å²) in [7, 11) is 2.23. The van der Waals surface area contributed by atoms with E-state index < -0.39 is 0 Å². The van der Waals surface area contributed by atoms with Gasteiger partial charge in [-0.2, -0.15) is 0 Å². The maximum atomic E-state index is 2.44. The van der Waals surface area contributed by atoms with Gasteiger partial charge in [0.25, 0.3) is 0 Å². The summed E-state index contributed by atoms with van der Waals surface area (Å²) >= 11 is 0. The smallest absolute Gasteiger partial charge is 0.00191 e. The van der Waals surface area contributed by atoms with Crippen LogP contribution in [0.25, 0.3) is 0 Å². The molecule has 0 amide bonds. The van der Waals surface area contributed by atoms with Crippen molar-refractivity contribution in [2.24, 2.45) is 28.1 Å². The summed E-state index contributed by atoms with van der Waals surface area (Å²) in [6.45, 7) is 35.7. The molecule has 1 aliphatic heterocycles. The highest BCUT2D eigenvalue weighted by atomic mass is 15.1. The number of likely N-dealkylation sites (tertiary alicyclic amines) is 1. The van der Waals surface area contributed by atoms with Gasteiger partial charge in [-0.3, -0.25) is 0 Å². The first-order valence-electron chi connectivity index (χ1n) is 14.2. The van der Waals surface area contributed by atoms with E-state index in [0.717, 1.165) is 18.3 Å². The average Bonchev–Trinajstić information content (AvgIpc) is 2.71. The van der Waals surface area contributed by atoms with E-state index >= 15 is 0 Å². The van der Waals surface area contributed by atoms with E-state index in [2.05, 4.69) is 118 Å². The summed E-state index contributed by atoms with van der Waals surface area (Å²) in [5, 5.41) is 0. The van der Waals surface area contributed by atoms with Crippen LogP contribution in [0.2, 0.25) is 0 Å². The predicted molar refractivity (Wildman–Crippen MR) is 161 cm³/mol. The Morgan fingerprint density at radius 2 is 1.12 bits per heavy atom. The first-order chi connectivity index (χ1) is 15.5. The Hall–Kier alpha value is -0.820. The zero-order valence-electron chi connectivity index (χ0n) is 26.7. The Kier molecular flexibility index (Phi) is 21.5. The third-order valence-corrected chi connectivity index (χ3v) is 6.05. The third kappa shape index (κ3) is 25.8. The molecule has 1 aromatic carbocycles. The first kappa shape index (κ1) is 37.7. The molecule has 204 valence electrons. The van der Waals surface area contributed by atoms with Crippen molar-refractivity contribution < 1.29 is 0 Å². The Labute approximate surface area is 218 Å². The fourth-order valence-corrected chi connectivity index (χ4v) is 3.34. The second kappa shape index (κ2) is 19.4. The van der Waals surface area contributed by atoms with Crippen molar-refractivity contribution in [3.05, 3.63) is 35.9 Å². The van der Waals surface area contributed by atoms with E-state index in [1.54, 1.807) is 0 Å². The van der Waals surface area contributed by atoms with Crippen LogP contribution in [0.15, 0.2) is 30.3 Å². The quantitative estimate of drug-likeness (QED) is 0.409. The van der Waals surface area contributed by atoms with Crippen LogP contribution in [0, 0.1) is 28.1 Å². The average molecular weight is 478 g/mol. The van der Waals surface area contributed by atoms with E-state index in [1.807, 2.05) is 27.7 Å². The lowest BCUT2D eigenvalue weighted by Gasteiger charge is -2.32. The summed E-state index contributed by atoms with van der Waals surface area (Å²) in [5.41, 5.74) is 2.86. The summed E-state index contributed by atoms with van der Waals surface area (Å²) in [6.07, 6.45) is 5.39. The first-order valence-corrected chi connectivity index (χ1v) is 14.2. The minimum absolute atomic E-state index is 0.404. The molecule has 0 bridgehead atoms. The molecule has 2 rings (SSSR count). The molecule has 34 heavy (non-hydrogen) atoms. The fourth-order valence-electron chi connectivity index (χ4n) is 3.34. The zero-order chi connectivity index (χ0) is 27.6. The second-order valence-corrected chi connectivity index (χ2v) is 13.3. The van der Waals surface area contributed by atoms with Gasteiger partial charge in [0.2, 0.25) is 0 Å². The van der Waals surface area contributed by atoms with E-state index in [0.29, 0.717) is 16.2 Å². The lowest BCUT2D eigenvalue weighted by Crippen LogP contribution is -2.31. The normalized spacial score (nSPS) is 14.9. The van der Waals surface area contributed by atoms with E-state index in [9.17, 15) is 0 Å². The number of nitrogens with zero attached hydrogens (tertiary/aromatic N) is 1. The number of piperidine rings is 1. The molecule has 1 saturated heterocycles. The molecule has 1 heteroatoms. The third-order valence-electron chi connectivity index (χ3n) is 6.05. The SMILES string of the molecule is CC.CC.CC(C)(C)Cc1ccccc1.CC(C)C(C)(C)C.CN1CCC(CC(C)(C)C)CC1. The molecule has 0 radical (unpaired) electrons. The number of hydrogen-bond acceptors (Lipinski definition) is 1. The van der Waals surface area contributed by atoms with E-state index in [1.165, 1.54) is 37.9 Å². The molecule has 1 aliphatic rings. The van der Waals surface area contributed by atoms with Crippen molar-refractivity contribution in [3.8, 4) is 0 Å². The minimum Gasteiger partial charge on any atom is -0.306 e. The molecular weight excluding hydrogens is 410 g/mol. The van der Waals surface area contributed by atoms with Crippen LogP contribution < -0.4 is 0 Å². The lowest BCUT2D eigenvalue weighted by molar-refractivity contribution is 0.175. The molecule has 0 spiro atoms. The Morgan fingerprint density at radius 1 is 0.735 bits per heavy atom. The maximum Gasteiger partial charge on any atom is -0.00191 e. The Bertz CT molecular complexity index is 529. The van der Waals surface area contributed by atoms with Crippen LogP contribution in [-0.2, 0) is 6.42 Å². The van der Waals surface area contributed by atoms with Gasteiger partial charge in [0.15, 0.2) is 0 Å². The van der Waals surface area contributed by atoms with E-state index in [4.69, 9.17) is 0 Å². The summed E-state index contributed by atoms with van der Waals surface area (Å²) in [4.78, 5) is 2.44. The van der Waals surface area contributed by atoms with Crippen molar-refractivity contribution in [1.82, 2.24) is 4.90 Å².